The molecule has 0 saturated carbocycles. The van der Waals surface area contributed by atoms with Gasteiger partial charge in [-0.25, -0.2) is 0 Å². The lowest BCUT2D eigenvalue weighted by molar-refractivity contribution is 0.185. The number of nitrogens with zero attached hydrogens (tertiary/aromatic N) is 1. The van der Waals surface area contributed by atoms with Gasteiger partial charge in [-0.1, -0.05) is 25.1 Å². The van der Waals surface area contributed by atoms with Gasteiger partial charge < -0.3 is 0 Å². The molecule has 0 radical (unpaired) electrons. The van der Waals surface area contributed by atoms with E-state index in [4.69, 9.17) is 0 Å². The van der Waals surface area contributed by atoms with E-state index in [0.29, 0.717) is 0 Å². The molecule has 1 saturated heterocycles. The number of likely N-dealkylation sites (tertiary alicyclic amines) is 1. The minimum absolute atomic E-state index is 0.927. The second-order valence-corrected chi connectivity index (χ2v) is 5.38. The van der Waals surface area contributed by atoms with Crippen molar-refractivity contribution >= 4 is 0 Å². The van der Waals surface area contributed by atoms with Crippen LogP contribution in [0.5, 0.6) is 0 Å². The van der Waals surface area contributed by atoms with E-state index in [2.05, 4.69) is 43.9 Å². The summed E-state index contributed by atoms with van der Waals surface area (Å²) in [6.07, 6.45) is 2.73. The van der Waals surface area contributed by atoms with Crippen LogP contribution in [0, 0.1) is 19.8 Å². The lowest BCUT2D eigenvalue weighted by Crippen LogP contribution is -2.32. The zero-order chi connectivity index (χ0) is 11.5. The first-order valence-corrected chi connectivity index (χ1v) is 6.43. The minimum atomic E-state index is 0.927. The predicted octanol–water partition coefficient (Wildman–Crippen LogP) is 3.54. The Hall–Kier alpha value is -0.820. The molecule has 1 heterocycles. The van der Waals surface area contributed by atoms with E-state index in [0.717, 1.165) is 12.5 Å². The normalized spacial score (nSPS) is 18.9. The van der Waals surface area contributed by atoms with Gasteiger partial charge in [-0.15, -0.1) is 0 Å². The Morgan fingerprint density at radius 2 is 1.81 bits per heavy atom. The van der Waals surface area contributed by atoms with Gasteiger partial charge in [0.15, 0.2) is 0 Å². The van der Waals surface area contributed by atoms with Crippen LogP contribution in [0.4, 0.5) is 0 Å². The largest absolute Gasteiger partial charge is 0.299 e. The first-order chi connectivity index (χ1) is 7.65. The number of aryl methyl sites for hydroxylation is 2. The summed E-state index contributed by atoms with van der Waals surface area (Å²) in [4.78, 5) is 2.59. The fourth-order valence-electron chi connectivity index (χ4n) is 2.38. The van der Waals surface area contributed by atoms with Crippen molar-refractivity contribution in [2.45, 2.75) is 40.2 Å². The molecule has 1 aromatic rings. The van der Waals surface area contributed by atoms with Gasteiger partial charge in [-0.2, -0.15) is 0 Å². The van der Waals surface area contributed by atoms with E-state index in [1.807, 2.05) is 0 Å². The van der Waals surface area contributed by atoms with E-state index in [9.17, 15) is 0 Å². The van der Waals surface area contributed by atoms with Crippen LogP contribution in [0.2, 0.25) is 0 Å². The molecule has 1 aliphatic rings. The van der Waals surface area contributed by atoms with Crippen LogP contribution >= 0.6 is 0 Å². The maximum atomic E-state index is 2.59. The van der Waals surface area contributed by atoms with Gasteiger partial charge >= 0.3 is 0 Å². The lowest BCUT2D eigenvalue weighted by Gasteiger charge is -2.30. The Balaban J connectivity index is 1.96. The SMILES string of the molecule is Cc1ccc(CN2CCC(C)CC2)cc1C. The van der Waals surface area contributed by atoms with E-state index in [1.54, 1.807) is 0 Å². The molecule has 0 bridgehead atoms. The van der Waals surface area contributed by atoms with Crippen molar-refractivity contribution in [1.82, 2.24) is 4.90 Å². The van der Waals surface area contributed by atoms with Gasteiger partial charge in [-0.05, 0) is 62.4 Å². The van der Waals surface area contributed by atoms with Crippen LogP contribution in [0.15, 0.2) is 18.2 Å². The monoisotopic (exact) mass is 217 g/mol. The van der Waals surface area contributed by atoms with Crippen molar-refractivity contribution < 1.29 is 0 Å². The fourth-order valence-corrected chi connectivity index (χ4v) is 2.38. The summed E-state index contributed by atoms with van der Waals surface area (Å²) in [6, 6.07) is 6.87. The van der Waals surface area contributed by atoms with Gasteiger partial charge in [0.25, 0.3) is 0 Å². The topological polar surface area (TPSA) is 3.24 Å². The molecule has 88 valence electrons. The van der Waals surface area contributed by atoms with Crippen molar-refractivity contribution in [3.8, 4) is 0 Å². The average Bonchev–Trinajstić information content (AvgIpc) is 2.27. The molecule has 1 fully saturated rings. The van der Waals surface area contributed by atoms with Gasteiger partial charge in [0.05, 0.1) is 0 Å². The number of rotatable bonds is 2. The fraction of sp³-hybridized carbons (Fsp3) is 0.600. The maximum Gasteiger partial charge on any atom is 0.0233 e. The summed E-state index contributed by atoms with van der Waals surface area (Å²) < 4.78 is 0. The Morgan fingerprint density at radius 1 is 1.12 bits per heavy atom. The second-order valence-electron chi connectivity index (χ2n) is 5.38. The summed E-state index contributed by atoms with van der Waals surface area (Å²) >= 11 is 0. The standard InChI is InChI=1S/C15H23N/c1-12-6-8-16(9-7-12)11-15-5-4-13(2)14(3)10-15/h4-5,10,12H,6-9,11H2,1-3H3. The first kappa shape index (κ1) is 11.7. The van der Waals surface area contributed by atoms with Gasteiger partial charge in [0, 0.05) is 6.54 Å². The van der Waals surface area contributed by atoms with E-state index < -0.39 is 0 Å². The molecule has 2 rings (SSSR count). The second kappa shape index (κ2) is 5.01. The van der Waals surface area contributed by atoms with Crippen LogP contribution in [0.1, 0.15) is 36.5 Å². The summed E-state index contributed by atoms with van der Waals surface area (Å²) in [5.74, 6) is 0.927. The van der Waals surface area contributed by atoms with Crippen molar-refractivity contribution in [1.29, 1.82) is 0 Å². The summed E-state index contributed by atoms with van der Waals surface area (Å²) in [5, 5.41) is 0. The molecule has 1 nitrogen and oxygen atoms in total. The van der Waals surface area contributed by atoms with Crippen LogP contribution in [-0.2, 0) is 6.54 Å². The number of piperidine rings is 1. The first-order valence-electron chi connectivity index (χ1n) is 6.43. The van der Waals surface area contributed by atoms with Crippen LogP contribution in [0.3, 0.4) is 0 Å². The number of hydrogen-bond donors (Lipinski definition) is 0. The van der Waals surface area contributed by atoms with Crippen molar-refractivity contribution in [2.75, 3.05) is 13.1 Å². The third-order valence-electron chi connectivity index (χ3n) is 3.85. The summed E-state index contributed by atoms with van der Waals surface area (Å²) in [5.41, 5.74) is 4.29. The van der Waals surface area contributed by atoms with Gasteiger partial charge in [0.1, 0.15) is 0 Å². The predicted molar refractivity (Wildman–Crippen MR) is 69.6 cm³/mol. The van der Waals surface area contributed by atoms with Crippen LogP contribution in [-0.4, -0.2) is 18.0 Å². The smallest absolute Gasteiger partial charge is 0.0233 e. The lowest BCUT2D eigenvalue weighted by atomic mass is 9.98. The van der Waals surface area contributed by atoms with Crippen LogP contribution < -0.4 is 0 Å². The molecular formula is C15H23N. The zero-order valence-electron chi connectivity index (χ0n) is 10.8. The Morgan fingerprint density at radius 3 is 2.44 bits per heavy atom. The molecule has 16 heavy (non-hydrogen) atoms. The molecule has 1 aliphatic heterocycles. The zero-order valence-corrected chi connectivity index (χ0v) is 10.8. The van der Waals surface area contributed by atoms with Gasteiger partial charge in [-0.3, -0.25) is 4.90 Å². The third-order valence-corrected chi connectivity index (χ3v) is 3.85. The molecule has 0 unspecified atom stereocenters. The van der Waals surface area contributed by atoms with Crippen molar-refractivity contribution in [3.63, 3.8) is 0 Å². The highest BCUT2D eigenvalue weighted by molar-refractivity contribution is 5.29. The number of benzene rings is 1. The maximum absolute atomic E-state index is 2.59. The van der Waals surface area contributed by atoms with E-state index in [-0.39, 0.29) is 0 Å². The highest BCUT2D eigenvalue weighted by Gasteiger charge is 2.15. The molecule has 0 atom stereocenters. The molecule has 0 aromatic heterocycles. The molecule has 1 aromatic carbocycles. The Bertz CT molecular complexity index is 348. The van der Waals surface area contributed by atoms with E-state index >= 15 is 0 Å². The van der Waals surface area contributed by atoms with Crippen molar-refractivity contribution in [2.24, 2.45) is 5.92 Å². The quantitative estimate of drug-likeness (QED) is 0.732. The Labute approximate surface area is 99.5 Å². The Kier molecular flexibility index (Phi) is 3.65. The molecule has 0 N–H and O–H groups in total. The molecule has 1 heteroatoms. The number of hydrogen-bond acceptors (Lipinski definition) is 1. The molecular weight excluding hydrogens is 194 g/mol. The van der Waals surface area contributed by atoms with Gasteiger partial charge in [0.2, 0.25) is 0 Å². The van der Waals surface area contributed by atoms with Crippen LogP contribution in [0.25, 0.3) is 0 Å². The molecule has 0 spiro atoms. The summed E-state index contributed by atoms with van der Waals surface area (Å²) in [6.45, 7) is 10.4. The molecule has 0 aliphatic carbocycles. The highest BCUT2D eigenvalue weighted by Crippen LogP contribution is 2.19. The van der Waals surface area contributed by atoms with Crippen molar-refractivity contribution in [3.05, 3.63) is 34.9 Å². The minimum Gasteiger partial charge on any atom is -0.299 e. The highest BCUT2D eigenvalue weighted by atomic mass is 15.1. The summed E-state index contributed by atoms with van der Waals surface area (Å²) in [7, 11) is 0. The van der Waals surface area contributed by atoms with E-state index in [1.165, 1.54) is 42.6 Å². The average molecular weight is 217 g/mol. The molecule has 0 amide bonds. The third kappa shape index (κ3) is 2.85.